The van der Waals surface area contributed by atoms with Crippen LogP contribution in [0.5, 0.6) is 0 Å². The van der Waals surface area contributed by atoms with Crippen molar-refractivity contribution in [1.82, 2.24) is 4.90 Å². The zero-order valence-corrected chi connectivity index (χ0v) is 11.8. The van der Waals surface area contributed by atoms with Crippen LogP contribution in [-0.4, -0.2) is 43.2 Å². The van der Waals surface area contributed by atoms with E-state index in [1.54, 1.807) is 6.92 Å². The smallest absolute Gasteiger partial charge is 0.0762 e. The van der Waals surface area contributed by atoms with Crippen molar-refractivity contribution in [3.63, 3.8) is 0 Å². The monoisotopic (exact) mass is 268 g/mol. The van der Waals surface area contributed by atoms with Crippen molar-refractivity contribution in [2.24, 2.45) is 0 Å². The highest BCUT2D eigenvalue weighted by Crippen LogP contribution is 2.29. The van der Waals surface area contributed by atoms with E-state index in [0.29, 0.717) is 0 Å². The summed E-state index contributed by atoms with van der Waals surface area (Å²) in [5, 5.41) is 10.3. The summed E-state index contributed by atoms with van der Waals surface area (Å²) in [4.78, 5) is 4.68. The lowest BCUT2D eigenvalue weighted by Crippen LogP contribution is -2.28. The molecule has 1 aromatic rings. The third-order valence-electron chi connectivity index (χ3n) is 3.51. The van der Waals surface area contributed by atoms with E-state index in [-0.39, 0.29) is 0 Å². The molecular formula is C14H21ClN2O. The molecule has 1 aliphatic heterocycles. The minimum absolute atomic E-state index is 0.466. The highest BCUT2D eigenvalue weighted by atomic mass is 35.5. The normalized spacial score (nSPS) is 19.7. The van der Waals surface area contributed by atoms with Crippen molar-refractivity contribution in [2.45, 2.75) is 19.4 Å². The standard InChI is InChI=1S/C14H21ClN2O/c1-11(18)12-4-5-14(13(15)10-12)17-7-3-6-16(2)8-9-17/h4-5,10-11,18H,3,6-9H2,1-2H3/t11-/m1/s1. The zero-order chi connectivity index (χ0) is 13.1. The van der Waals surface area contributed by atoms with Gasteiger partial charge in [0.2, 0.25) is 0 Å². The number of nitrogens with zero attached hydrogens (tertiary/aromatic N) is 2. The molecule has 1 heterocycles. The maximum absolute atomic E-state index is 9.55. The number of aliphatic hydroxyl groups is 1. The Morgan fingerprint density at radius 3 is 2.67 bits per heavy atom. The van der Waals surface area contributed by atoms with Crippen LogP contribution in [0.4, 0.5) is 5.69 Å². The Kier molecular flexibility index (Phi) is 4.49. The van der Waals surface area contributed by atoms with Crippen molar-refractivity contribution in [2.75, 3.05) is 38.1 Å². The van der Waals surface area contributed by atoms with Crippen LogP contribution in [0.1, 0.15) is 25.0 Å². The Bertz CT molecular complexity index is 409. The van der Waals surface area contributed by atoms with E-state index in [1.807, 2.05) is 18.2 Å². The summed E-state index contributed by atoms with van der Waals surface area (Å²) < 4.78 is 0. The molecule has 1 atom stereocenters. The third-order valence-corrected chi connectivity index (χ3v) is 3.82. The lowest BCUT2D eigenvalue weighted by atomic mass is 10.1. The van der Waals surface area contributed by atoms with E-state index < -0.39 is 6.10 Å². The van der Waals surface area contributed by atoms with Gasteiger partial charge in [-0.05, 0) is 44.6 Å². The van der Waals surface area contributed by atoms with E-state index in [2.05, 4.69) is 16.8 Å². The number of benzene rings is 1. The number of anilines is 1. The number of likely N-dealkylation sites (N-methyl/N-ethyl adjacent to an activating group) is 1. The minimum atomic E-state index is -0.466. The van der Waals surface area contributed by atoms with Crippen LogP contribution in [-0.2, 0) is 0 Å². The van der Waals surface area contributed by atoms with Gasteiger partial charge in [0.1, 0.15) is 0 Å². The molecule has 4 heteroatoms. The van der Waals surface area contributed by atoms with Gasteiger partial charge in [0, 0.05) is 19.6 Å². The molecule has 0 amide bonds. The number of halogens is 1. The van der Waals surface area contributed by atoms with Crippen LogP contribution in [0.2, 0.25) is 5.02 Å². The van der Waals surface area contributed by atoms with Crippen molar-refractivity contribution in [1.29, 1.82) is 0 Å². The van der Waals surface area contributed by atoms with E-state index in [4.69, 9.17) is 11.6 Å². The van der Waals surface area contributed by atoms with Gasteiger partial charge in [-0.3, -0.25) is 0 Å². The van der Waals surface area contributed by atoms with Crippen molar-refractivity contribution >= 4 is 17.3 Å². The van der Waals surface area contributed by atoms with Crippen molar-refractivity contribution in [3.05, 3.63) is 28.8 Å². The summed E-state index contributed by atoms with van der Waals surface area (Å²) in [6.07, 6.45) is 0.692. The lowest BCUT2D eigenvalue weighted by Gasteiger charge is -2.24. The van der Waals surface area contributed by atoms with Crippen molar-refractivity contribution in [3.8, 4) is 0 Å². The molecule has 18 heavy (non-hydrogen) atoms. The second-order valence-corrected chi connectivity index (χ2v) is 5.44. The summed E-state index contributed by atoms with van der Waals surface area (Å²) in [5.74, 6) is 0. The maximum atomic E-state index is 9.55. The van der Waals surface area contributed by atoms with E-state index in [1.165, 1.54) is 0 Å². The minimum Gasteiger partial charge on any atom is -0.389 e. The fraction of sp³-hybridized carbons (Fsp3) is 0.571. The van der Waals surface area contributed by atoms with Crippen LogP contribution in [0.15, 0.2) is 18.2 Å². The highest BCUT2D eigenvalue weighted by Gasteiger charge is 2.15. The van der Waals surface area contributed by atoms with E-state index in [0.717, 1.165) is 48.9 Å². The van der Waals surface area contributed by atoms with Crippen LogP contribution in [0.3, 0.4) is 0 Å². The molecule has 2 rings (SSSR count). The van der Waals surface area contributed by atoms with Gasteiger partial charge in [-0.25, -0.2) is 0 Å². The predicted octanol–water partition coefficient (Wildman–Crippen LogP) is 2.54. The molecule has 0 saturated carbocycles. The van der Waals surface area contributed by atoms with Crippen LogP contribution < -0.4 is 4.90 Å². The highest BCUT2D eigenvalue weighted by molar-refractivity contribution is 6.33. The summed E-state index contributed by atoms with van der Waals surface area (Å²) >= 11 is 6.33. The Labute approximate surface area is 114 Å². The van der Waals surface area contributed by atoms with Gasteiger partial charge >= 0.3 is 0 Å². The molecule has 1 saturated heterocycles. The Hall–Kier alpha value is -0.770. The number of rotatable bonds is 2. The Morgan fingerprint density at radius 2 is 2.00 bits per heavy atom. The molecule has 0 radical (unpaired) electrons. The maximum Gasteiger partial charge on any atom is 0.0762 e. The van der Waals surface area contributed by atoms with Gasteiger partial charge in [0.15, 0.2) is 0 Å². The summed E-state index contributed by atoms with van der Waals surface area (Å²) in [6, 6.07) is 5.85. The second kappa shape index (κ2) is 5.91. The largest absolute Gasteiger partial charge is 0.389 e. The third kappa shape index (κ3) is 3.16. The van der Waals surface area contributed by atoms with Gasteiger partial charge in [0.25, 0.3) is 0 Å². The first kappa shape index (κ1) is 13.7. The average molecular weight is 269 g/mol. The van der Waals surface area contributed by atoms with Gasteiger partial charge in [0.05, 0.1) is 16.8 Å². The van der Waals surface area contributed by atoms with Gasteiger partial charge < -0.3 is 14.9 Å². The molecule has 1 aliphatic rings. The predicted molar refractivity (Wildman–Crippen MR) is 76.4 cm³/mol. The number of hydrogen-bond donors (Lipinski definition) is 1. The molecular weight excluding hydrogens is 248 g/mol. The molecule has 0 aliphatic carbocycles. The number of hydrogen-bond acceptors (Lipinski definition) is 3. The average Bonchev–Trinajstić information content (AvgIpc) is 2.54. The fourth-order valence-electron chi connectivity index (χ4n) is 2.33. The SMILES string of the molecule is C[C@@H](O)c1ccc(N2CCCN(C)CC2)c(Cl)c1. The van der Waals surface area contributed by atoms with Crippen LogP contribution in [0, 0.1) is 0 Å². The topological polar surface area (TPSA) is 26.7 Å². The van der Waals surface area contributed by atoms with Gasteiger partial charge in [-0.2, -0.15) is 0 Å². The van der Waals surface area contributed by atoms with Crippen LogP contribution >= 0.6 is 11.6 Å². The van der Waals surface area contributed by atoms with E-state index in [9.17, 15) is 5.11 Å². The molecule has 3 nitrogen and oxygen atoms in total. The molecule has 0 aromatic heterocycles. The molecule has 100 valence electrons. The molecule has 0 spiro atoms. The van der Waals surface area contributed by atoms with Crippen LogP contribution in [0.25, 0.3) is 0 Å². The molecule has 1 N–H and O–H groups in total. The molecule has 1 fully saturated rings. The lowest BCUT2D eigenvalue weighted by molar-refractivity contribution is 0.199. The first-order valence-electron chi connectivity index (χ1n) is 6.49. The number of aliphatic hydroxyl groups excluding tert-OH is 1. The van der Waals surface area contributed by atoms with Crippen molar-refractivity contribution < 1.29 is 5.11 Å². The Balaban J connectivity index is 2.17. The molecule has 1 aromatic carbocycles. The summed E-state index contributed by atoms with van der Waals surface area (Å²) in [7, 11) is 2.15. The first-order chi connectivity index (χ1) is 8.58. The quantitative estimate of drug-likeness (QED) is 0.893. The van der Waals surface area contributed by atoms with E-state index >= 15 is 0 Å². The first-order valence-corrected chi connectivity index (χ1v) is 6.86. The zero-order valence-electron chi connectivity index (χ0n) is 11.1. The second-order valence-electron chi connectivity index (χ2n) is 5.03. The summed E-state index contributed by atoms with van der Waals surface area (Å²) in [6.45, 7) is 6.00. The fourth-order valence-corrected chi connectivity index (χ4v) is 2.64. The summed E-state index contributed by atoms with van der Waals surface area (Å²) in [5.41, 5.74) is 1.95. The molecule has 0 unspecified atom stereocenters. The van der Waals surface area contributed by atoms with Gasteiger partial charge in [-0.1, -0.05) is 17.7 Å². The Morgan fingerprint density at radius 1 is 1.22 bits per heavy atom. The van der Waals surface area contributed by atoms with Gasteiger partial charge in [-0.15, -0.1) is 0 Å². The molecule has 0 bridgehead atoms.